The monoisotopic (exact) mass is 246 g/mol. The maximum absolute atomic E-state index is 11.9. The van der Waals surface area contributed by atoms with Crippen molar-refractivity contribution in [3.05, 3.63) is 36.0 Å². The first-order valence-corrected chi connectivity index (χ1v) is 5.81. The van der Waals surface area contributed by atoms with E-state index in [4.69, 9.17) is 0 Å². The number of rotatable bonds is 2. The van der Waals surface area contributed by atoms with E-state index >= 15 is 0 Å². The SMILES string of the molecule is CC1(C)CC(=O)C(N=Nc2ccc[nH+]c2)=C(O)C1. The number of carbonyl (C=O) groups is 1. The lowest BCUT2D eigenvalue weighted by molar-refractivity contribution is -0.377. The normalized spacial score (nSPS) is 19.6. The second kappa shape index (κ2) is 4.68. The number of hydrogen-bond acceptors (Lipinski definition) is 4. The van der Waals surface area contributed by atoms with Crippen molar-refractivity contribution in [2.45, 2.75) is 26.7 Å². The maximum atomic E-state index is 11.9. The minimum absolute atomic E-state index is 0.0277. The molecule has 5 heteroatoms. The van der Waals surface area contributed by atoms with Crippen molar-refractivity contribution in [3.8, 4) is 0 Å². The fourth-order valence-corrected chi connectivity index (χ4v) is 1.95. The number of pyridine rings is 1. The van der Waals surface area contributed by atoms with Crippen LogP contribution in [0.1, 0.15) is 26.7 Å². The van der Waals surface area contributed by atoms with Crippen LogP contribution in [0, 0.1) is 5.41 Å². The van der Waals surface area contributed by atoms with Crippen molar-refractivity contribution in [2.75, 3.05) is 0 Å². The number of allylic oxidation sites excluding steroid dienone is 2. The molecule has 0 fully saturated rings. The minimum atomic E-state index is -0.208. The molecule has 0 saturated heterocycles. The van der Waals surface area contributed by atoms with Crippen LogP contribution in [0.5, 0.6) is 0 Å². The van der Waals surface area contributed by atoms with Gasteiger partial charge in [0.1, 0.15) is 11.4 Å². The zero-order valence-electron chi connectivity index (χ0n) is 10.5. The zero-order chi connectivity index (χ0) is 13.2. The Bertz CT molecular complexity index is 518. The molecule has 0 spiro atoms. The lowest BCUT2D eigenvalue weighted by atomic mass is 9.78. The van der Waals surface area contributed by atoms with E-state index in [1.165, 1.54) is 0 Å². The standard InChI is InChI=1S/C13H15N3O2/c1-13(2)6-10(17)12(11(18)7-13)16-15-9-4-3-5-14-8-9/h3-5,8,17H,6-7H2,1-2H3/p+1. The summed E-state index contributed by atoms with van der Waals surface area (Å²) in [4.78, 5) is 14.7. The Labute approximate surface area is 105 Å². The fraction of sp³-hybridized carbons (Fsp3) is 0.385. The summed E-state index contributed by atoms with van der Waals surface area (Å²) in [5.74, 6) is -0.132. The van der Waals surface area contributed by atoms with Crippen molar-refractivity contribution in [2.24, 2.45) is 15.6 Å². The molecule has 0 unspecified atom stereocenters. The molecule has 94 valence electrons. The summed E-state index contributed by atoms with van der Waals surface area (Å²) in [6.45, 7) is 3.89. The largest absolute Gasteiger partial charge is 0.510 e. The lowest BCUT2D eigenvalue weighted by Crippen LogP contribution is -2.25. The van der Waals surface area contributed by atoms with Crippen LogP contribution in [0.3, 0.4) is 0 Å². The first-order chi connectivity index (χ1) is 8.48. The summed E-state index contributed by atoms with van der Waals surface area (Å²) in [7, 11) is 0. The summed E-state index contributed by atoms with van der Waals surface area (Å²) < 4.78 is 0. The number of ketones is 1. The highest BCUT2D eigenvalue weighted by molar-refractivity contribution is 5.96. The first-order valence-electron chi connectivity index (χ1n) is 5.81. The molecule has 0 aliphatic heterocycles. The van der Waals surface area contributed by atoms with Crippen molar-refractivity contribution in [1.82, 2.24) is 0 Å². The van der Waals surface area contributed by atoms with Gasteiger partial charge >= 0.3 is 0 Å². The van der Waals surface area contributed by atoms with Crippen LogP contribution in [-0.4, -0.2) is 10.9 Å². The summed E-state index contributed by atoms with van der Waals surface area (Å²) in [5.41, 5.74) is 0.481. The van der Waals surface area contributed by atoms with Gasteiger partial charge in [0.05, 0.1) is 0 Å². The number of carbonyl (C=O) groups excluding carboxylic acids is 1. The highest BCUT2D eigenvalue weighted by Crippen LogP contribution is 2.36. The van der Waals surface area contributed by atoms with Gasteiger partial charge in [-0.15, -0.1) is 10.2 Å². The second-order valence-electron chi connectivity index (χ2n) is 5.20. The topological polar surface area (TPSA) is 76.2 Å². The number of aliphatic hydroxyl groups excluding tert-OH is 1. The quantitative estimate of drug-likeness (QED) is 0.814. The molecule has 0 radical (unpaired) electrons. The number of H-pyrrole nitrogens is 1. The zero-order valence-corrected chi connectivity index (χ0v) is 10.5. The molecule has 1 aromatic rings. The Hall–Kier alpha value is -2.04. The molecule has 1 heterocycles. The highest BCUT2D eigenvalue weighted by Gasteiger charge is 2.33. The molecule has 0 aromatic carbocycles. The summed E-state index contributed by atoms with van der Waals surface area (Å²) >= 11 is 0. The van der Waals surface area contributed by atoms with Crippen LogP contribution in [0.15, 0.2) is 46.2 Å². The number of azo groups is 1. The summed E-state index contributed by atoms with van der Waals surface area (Å²) in [6, 6.07) is 3.54. The number of aliphatic hydroxyl groups is 1. The molecule has 1 aliphatic rings. The molecular formula is C13H16N3O2+. The van der Waals surface area contributed by atoms with Crippen LogP contribution in [0.25, 0.3) is 0 Å². The molecule has 18 heavy (non-hydrogen) atoms. The fourth-order valence-electron chi connectivity index (χ4n) is 1.95. The third kappa shape index (κ3) is 2.80. The van der Waals surface area contributed by atoms with Gasteiger partial charge in [0.25, 0.3) is 0 Å². The predicted molar refractivity (Wildman–Crippen MR) is 65.2 cm³/mol. The molecule has 1 aromatic heterocycles. The number of aromatic nitrogens is 1. The van der Waals surface area contributed by atoms with E-state index < -0.39 is 0 Å². The van der Waals surface area contributed by atoms with E-state index in [0.29, 0.717) is 18.5 Å². The molecule has 0 bridgehead atoms. The predicted octanol–water partition coefficient (Wildman–Crippen LogP) is 2.74. The highest BCUT2D eigenvalue weighted by atomic mass is 16.3. The van der Waals surface area contributed by atoms with Crippen LogP contribution in [0.2, 0.25) is 0 Å². The van der Waals surface area contributed by atoms with Gasteiger partial charge in [0.15, 0.2) is 23.9 Å². The number of Topliss-reactive ketones (excluding diaryl/α,β-unsaturated/α-hetero) is 1. The molecule has 0 amide bonds. The van der Waals surface area contributed by atoms with Gasteiger partial charge in [-0.25, -0.2) is 4.98 Å². The Kier molecular flexibility index (Phi) is 3.23. The molecular weight excluding hydrogens is 230 g/mol. The van der Waals surface area contributed by atoms with E-state index in [0.717, 1.165) is 0 Å². The van der Waals surface area contributed by atoms with Gasteiger partial charge in [-0.1, -0.05) is 13.8 Å². The van der Waals surface area contributed by atoms with Crippen LogP contribution in [0.4, 0.5) is 5.69 Å². The molecule has 2 N–H and O–H groups in total. The molecule has 2 rings (SSSR count). The smallest absolute Gasteiger partial charge is 0.194 e. The van der Waals surface area contributed by atoms with E-state index in [-0.39, 0.29) is 22.7 Å². The molecule has 0 saturated carbocycles. The average molecular weight is 246 g/mol. The number of nitrogens with zero attached hydrogens (tertiary/aromatic N) is 2. The lowest BCUT2D eigenvalue weighted by Gasteiger charge is -2.27. The Balaban J connectivity index is 2.24. The van der Waals surface area contributed by atoms with Gasteiger partial charge in [0.2, 0.25) is 0 Å². The van der Waals surface area contributed by atoms with E-state index in [1.807, 2.05) is 13.8 Å². The van der Waals surface area contributed by atoms with Crippen LogP contribution in [-0.2, 0) is 4.79 Å². The maximum Gasteiger partial charge on any atom is 0.194 e. The Morgan fingerprint density at radius 1 is 1.33 bits per heavy atom. The van der Waals surface area contributed by atoms with Gasteiger partial charge < -0.3 is 5.11 Å². The van der Waals surface area contributed by atoms with Gasteiger partial charge in [-0.2, -0.15) is 0 Å². The number of nitrogens with one attached hydrogen (secondary N) is 1. The minimum Gasteiger partial charge on any atom is -0.510 e. The Morgan fingerprint density at radius 3 is 2.72 bits per heavy atom. The summed E-state index contributed by atoms with van der Waals surface area (Å²) in [5, 5.41) is 17.6. The second-order valence-corrected chi connectivity index (χ2v) is 5.20. The molecule has 0 atom stereocenters. The van der Waals surface area contributed by atoms with Gasteiger partial charge in [0, 0.05) is 18.9 Å². The van der Waals surface area contributed by atoms with Crippen LogP contribution < -0.4 is 4.98 Å². The van der Waals surface area contributed by atoms with Crippen molar-refractivity contribution in [1.29, 1.82) is 0 Å². The molecule has 5 nitrogen and oxygen atoms in total. The van der Waals surface area contributed by atoms with Gasteiger partial charge in [-0.05, 0) is 11.5 Å². The third-order valence-corrected chi connectivity index (χ3v) is 2.78. The van der Waals surface area contributed by atoms with Crippen molar-refractivity contribution < 1.29 is 14.9 Å². The van der Waals surface area contributed by atoms with E-state index in [2.05, 4.69) is 15.2 Å². The number of aromatic amines is 1. The summed E-state index contributed by atoms with van der Waals surface area (Å²) in [6.07, 6.45) is 4.25. The van der Waals surface area contributed by atoms with Gasteiger partial charge in [-0.3, -0.25) is 4.79 Å². The van der Waals surface area contributed by atoms with E-state index in [9.17, 15) is 9.90 Å². The average Bonchev–Trinajstić information content (AvgIpc) is 2.27. The van der Waals surface area contributed by atoms with Crippen molar-refractivity contribution >= 4 is 11.5 Å². The number of hydrogen-bond donors (Lipinski definition) is 1. The van der Waals surface area contributed by atoms with Crippen molar-refractivity contribution in [3.63, 3.8) is 0 Å². The first kappa shape index (κ1) is 12.4. The third-order valence-electron chi connectivity index (χ3n) is 2.78. The van der Waals surface area contributed by atoms with E-state index in [1.54, 1.807) is 24.5 Å². The van der Waals surface area contributed by atoms with Crippen LogP contribution >= 0.6 is 0 Å². The Morgan fingerprint density at radius 2 is 2.11 bits per heavy atom. The molecule has 1 aliphatic carbocycles.